The van der Waals surface area contributed by atoms with Crippen LogP contribution in [-0.4, -0.2) is 7.11 Å². The Hall–Kier alpha value is -0.250. The summed E-state index contributed by atoms with van der Waals surface area (Å²) < 4.78 is 6.33. The van der Waals surface area contributed by atoms with Crippen LogP contribution in [0, 0.1) is 11.8 Å². The van der Waals surface area contributed by atoms with Crippen LogP contribution in [0.15, 0.2) is 16.6 Å². The van der Waals surface area contributed by atoms with E-state index in [0.29, 0.717) is 16.9 Å². The van der Waals surface area contributed by atoms with Crippen LogP contribution < -0.4 is 10.5 Å². The summed E-state index contributed by atoms with van der Waals surface area (Å²) >= 11 is 9.61. The highest BCUT2D eigenvalue weighted by Gasteiger charge is 2.31. The van der Waals surface area contributed by atoms with Gasteiger partial charge in [0.1, 0.15) is 5.75 Å². The van der Waals surface area contributed by atoms with Crippen molar-refractivity contribution in [2.45, 2.75) is 32.2 Å². The molecule has 2 rings (SSSR count). The molecule has 18 heavy (non-hydrogen) atoms. The molecule has 0 saturated heterocycles. The Labute approximate surface area is 122 Å². The van der Waals surface area contributed by atoms with Crippen molar-refractivity contribution >= 4 is 27.5 Å². The number of ether oxygens (including phenoxy) is 1. The van der Waals surface area contributed by atoms with E-state index in [4.69, 9.17) is 22.1 Å². The second-order valence-corrected chi connectivity index (χ2v) is 6.40. The van der Waals surface area contributed by atoms with Crippen molar-refractivity contribution in [1.82, 2.24) is 0 Å². The zero-order valence-corrected chi connectivity index (χ0v) is 13.1. The van der Waals surface area contributed by atoms with Gasteiger partial charge in [0.05, 0.1) is 11.6 Å². The molecule has 100 valence electrons. The molecule has 1 aliphatic carbocycles. The van der Waals surface area contributed by atoms with Gasteiger partial charge in [-0.3, -0.25) is 0 Å². The van der Waals surface area contributed by atoms with Crippen molar-refractivity contribution in [2.24, 2.45) is 17.6 Å². The Bertz CT molecular complexity index is 438. The highest BCUT2D eigenvalue weighted by atomic mass is 79.9. The minimum absolute atomic E-state index is 0.00699. The number of halogens is 2. The van der Waals surface area contributed by atoms with Crippen molar-refractivity contribution in [3.05, 3.63) is 27.2 Å². The van der Waals surface area contributed by atoms with Crippen LogP contribution in [0.4, 0.5) is 0 Å². The summed E-state index contributed by atoms with van der Waals surface area (Å²) in [7, 11) is 1.67. The molecule has 0 heterocycles. The number of rotatable bonds is 3. The molecule has 3 atom stereocenters. The zero-order chi connectivity index (χ0) is 13.3. The summed E-state index contributed by atoms with van der Waals surface area (Å²) in [6.07, 6.45) is 3.72. The molecule has 1 saturated carbocycles. The molecular formula is C14H19BrClNO. The molecule has 0 aliphatic heterocycles. The molecule has 0 bridgehead atoms. The summed E-state index contributed by atoms with van der Waals surface area (Å²) in [6.45, 7) is 2.28. The smallest absolute Gasteiger partial charge is 0.137 e. The lowest BCUT2D eigenvalue weighted by Crippen LogP contribution is -2.24. The zero-order valence-electron chi connectivity index (χ0n) is 10.7. The second kappa shape index (κ2) is 5.81. The molecule has 1 fully saturated rings. The fourth-order valence-electron chi connectivity index (χ4n) is 2.98. The topological polar surface area (TPSA) is 35.2 Å². The minimum atomic E-state index is -0.00699. The number of hydrogen-bond donors (Lipinski definition) is 1. The van der Waals surface area contributed by atoms with E-state index in [2.05, 4.69) is 22.9 Å². The Kier molecular flexibility index (Phi) is 4.57. The van der Waals surface area contributed by atoms with Crippen molar-refractivity contribution < 1.29 is 4.74 Å². The van der Waals surface area contributed by atoms with Gasteiger partial charge in [0.2, 0.25) is 0 Å². The summed E-state index contributed by atoms with van der Waals surface area (Å²) in [5, 5.41) is 0.693. The van der Waals surface area contributed by atoms with Crippen molar-refractivity contribution in [3.8, 4) is 5.75 Å². The van der Waals surface area contributed by atoms with Gasteiger partial charge in [0.25, 0.3) is 0 Å². The standard InChI is InChI=1S/C14H19BrClNO/c1-8-4-3-5-10(8)13(17)11-6-9(16)7-12(15)14(11)18-2/h6-8,10,13H,3-5,17H2,1-2H3. The van der Waals surface area contributed by atoms with Crippen molar-refractivity contribution in [2.75, 3.05) is 7.11 Å². The maximum absolute atomic E-state index is 6.45. The van der Waals surface area contributed by atoms with Gasteiger partial charge in [-0.1, -0.05) is 31.4 Å². The monoisotopic (exact) mass is 331 g/mol. The van der Waals surface area contributed by atoms with Crippen LogP contribution in [0.1, 0.15) is 37.8 Å². The summed E-state index contributed by atoms with van der Waals surface area (Å²) in [6, 6.07) is 3.77. The molecular weight excluding hydrogens is 314 g/mol. The third-order valence-electron chi connectivity index (χ3n) is 3.99. The lowest BCUT2D eigenvalue weighted by Gasteiger charge is -2.25. The van der Waals surface area contributed by atoms with Gasteiger partial charge < -0.3 is 10.5 Å². The predicted octanol–water partition coefficient (Wildman–Crippen LogP) is 4.55. The maximum atomic E-state index is 6.45. The van der Waals surface area contributed by atoms with E-state index in [-0.39, 0.29) is 6.04 Å². The van der Waals surface area contributed by atoms with E-state index in [0.717, 1.165) is 15.8 Å². The average Bonchev–Trinajstić information content (AvgIpc) is 2.73. The van der Waals surface area contributed by atoms with E-state index in [1.807, 2.05) is 12.1 Å². The van der Waals surface area contributed by atoms with E-state index in [9.17, 15) is 0 Å². The highest BCUT2D eigenvalue weighted by Crippen LogP contribution is 2.43. The molecule has 4 heteroatoms. The molecule has 2 nitrogen and oxygen atoms in total. The van der Waals surface area contributed by atoms with Crippen LogP contribution >= 0.6 is 27.5 Å². The second-order valence-electron chi connectivity index (χ2n) is 5.11. The number of nitrogens with two attached hydrogens (primary N) is 1. The molecule has 0 radical (unpaired) electrons. The van der Waals surface area contributed by atoms with E-state index >= 15 is 0 Å². The molecule has 1 aromatic carbocycles. The normalized spacial score (nSPS) is 25.2. The van der Waals surface area contributed by atoms with E-state index in [1.54, 1.807) is 7.11 Å². The van der Waals surface area contributed by atoms with Crippen LogP contribution in [-0.2, 0) is 0 Å². The Morgan fingerprint density at radius 3 is 2.72 bits per heavy atom. The molecule has 0 spiro atoms. The van der Waals surface area contributed by atoms with Gasteiger partial charge in [-0.05, 0) is 46.3 Å². The van der Waals surface area contributed by atoms with Gasteiger partial charge in [0, 0.05) is 16.6 Å². The van der Waals surface area contributed by atoms with E-state index in [1.165, 1.54) is 19.3 Å². The first-order valence-corrected chi connectivity index (χ1v) is 7.50. The summed E-state index contributed by atoms with van der Waals surface area (Å²) in [4.78, 5) is 0. The molecule has 1 aliphatic rings. The fraction of sp³-hybridized carbons (Fsp3) is 0.571. The van der Waals surface area contributed by atoms with Crippen molar-refractivity contribution in [1.29, 1.82) is 0 Å². The quantitative estimate of drug-likeness (QED) is 0.881. The van der Waals surface area contributed by atoms with Gasteiger partial charge >= 0.3 is 0 Å². The number of hydrogen-bond acceptors (Lipinski definition) is 2. The van der Waals surface area contributed by atoms with Crippen molar-refractivity contribution in [3.63, 3.8) is 0 Å². The third kappa shape index (κ3) is 2.68. The van der Waals surface area contributed by atoms with Gasteiger partial charge in [-0.15, -0.1) is 0 Å². The first kappa shape index (κ1) is 14.2. The maximum Gasteiger partial charge on any atom is 0.137 e. The van der Waals surface area contributed by atoms with Crippen LogP contribution in [0.25, 0.3) is 0 Å². The molecule has 2 N–H and O–H groups in total. The van der Waals surface area contributed by atoms with Crippen LogP contribution in [0.2, 0.25) is 5.02 Å². The first-order chi connectivity index (χ1) is 8.54. The molecule has 0 aromatic heterocycles. The van der Waals surface area contributed by atoms with Gasteiger partial charge in [-0.2, -0.15) is 0 Å². The van der Waals surface area contributed by atoms with Crippen LogP contribution in [0.3, 0.4) is 0 Å². The van der Waals surface area contributed by atoms with E-state index < -0.39 is 0 Å². The highest BCUT2D eigenvalue weighted by molar-refractivity contribution is 9.10. The first-order valence-electron chi connectivity index (χ1n) is 6.33. The SMILES string of the molecule is COc1c(Br)cc(Cl)cc1C(N)C1CCCC1C. The summed E-state index contributed by atoms with van der Waals surface area (Å²) in [5.41, 5.74) is 7.46. The van der Waals surface area contributed by atoms with Gasteiger partial charge in [-0.25, -0.2) is 0 Å². The third-order valence-corrected chi connectivity index (χ3v) is 4.80. The molecule has 3 unspecified atom stereocenters. The Morgan fingerprint density at radius 2 is 2.17 bits per heavy atom. The Balaban J connectivity index is 2.37. The average molecular weight is 333 g/mol. The van der Waals surface area contributed by atoms with Crippen LogP contribution in [0.5, 0.6) is 5.75 Å². The Morgan fingerprint density at radius 1 is 1.44 bits per heavy atom. The number of benzene rings is 1. The molecule has 0 amide bonds. The fourth-order valence-corrected chi connectivity index (χ4v) is 3.98. The van der Waals surface area contributed by atoms with Gasteiger partial charge in [0.15, 0.2) is 0 Å². The number of methoxy groups -OCH3 is 1. The largest absolute Gasteiger partial charge is 0.495 e. The summed E-state index contributed by atoms with van der Waals surface area (Å²) in [5.74, 6) is 2.00. The lowest BCUT2D eigenvalue weighted by atomic mass is 9.86. The molecule has 1 aromatic rings. The minimum Gasteiger partial charge on any atom is -0.495 e. The lowest BCUT2D eigenvalue weighted by molar-refractivity contribution is 0.336. The predicted molar refractivity (Wildman–Crippen MR) is 79.1 cm³/mol.